The lowest BCUT2D eigenvalue weighted by Gasteiger charge is -1.99. The van der Waals surface area contributed by atoms with Crippen LogP contribution in [0.25, 0.3) is 11.1 Å². The Kier molecular flexibility index (Phi) is 2.51. The van der Waals surface area contributed by atoms with Crippen molar-refractivity contribution < 1.29 is 4.42 Å². The minimum Gasteiger partial charge on any atom is -0.472 e. The number of hydrogen-bond donors (Lipinski definition) is 0. The van der Waals surface area contributed by atoms with Gasteiger partial charge in [-0.25, -0.2) is 0 Å². The van der Waals surface area contributed by atoms with Crippen molar-refractivity contribution >= 4 is 12.4 Å². The van der Waals surface area contributed by atoms with Gasteiger partial charge in [-0.2, -0.15) is 0 Å². The van der Waals surface area contributed by atoms with E-state index in [1.807, 2.05) is 0 Å². The van der Waals surface area contributed by atoms with E-state index in [1.54, 1.807) is 30.7 Å². The van der Waals surface area contributed by atoms with Crippen LogP contribution in [0, 0.1) is 0 Å². The molecule has 2 nitrogen and oxygen atoms in total. The summed E-state index contributed by atoms with van der Waals surface area (Å²) in [4.78, 5) is 10.9. The van der Waals surface area contributed by atoms with Gasteiger partial charge < -0.3 is 4.42 Å². The van der Waals surface area contributed by atoms with Crippen molar-refractivity contribution in [1.29, 1.82) is 0 Å². The fourth-order valence-electron chi connectivity index (χ4n) is 1.03. The van der Waals surface area contributed by atoms with Gasteiger partial charge in [0.05, 0.1) is 12.5 Å². The topological polar surface area (TPSA) is 30.2 Å². The van der Waals surface area contributed by atoms with Crippen LogP contribution in [0.15, 0.2) is 46.0 Å². The molecule has 3 heteroatoms. The third kappa shape index (κ3) is 1.48. The van der Waals surface area contributed by atoms with Gasteiger partial charge in [-0.1, -0.05) is 0 Å². The predicted molar refractivity (Wildman–Crippen MR) is 48.8 cm³/mol. The van der Waals surface area contributed by atoms with Crippen LogP contribution in [-0.2, 0) is 0 Å². The molecule has 0 radical (unpaired) electrons. The molecule has 0 saturated heterocycles. The van der Waals surface area contributed by atoms with Crippen LogP contribution < -0.4 is 5.43 Å². The number of fused-ring (bicyclic) bond motifs is 1. The molecule has 0 unspecified atom stereocenters. The molecule has 0 aromatic carbocycles. The molecule has 1 heterocycles. The average molecular weight is 183 g/mol. The number of hydrogen-bond acceptors (Lipinski definition) is 2. The summed E-state index contributed by atoms with van der Waals surface area (Å²) in [5.41, 5.74) is 1.90. The van der Waals surface area contributed by atoms with Crippen LogP contribution in [-0.4, -0.2) is 0 Å². The zero-order chi connectivity index (χ0) is 7.68. The van der Waals surface area contributed by atoms with Crippen molar-refractivity contribution in [2.45, 2.75) is 0 Å². The SMILES string of the molecule is Cl.O=c1ccc2coccc-2c1. The summed E-state index contributed by atoms with van der Waals surface area (Å²) in [6, 6.07) is 6.64. The second-order valence-electron chi connectivity index (χ2n) is 2.35. The lowest BCUT2D eigenvalue weighted by Crippen LogP contribution is -1.96. The molecular weight excluding hydrogens is 176 g/mol. The number of rotatable bonds is 0. The Morgan fingerprint density at radius 3 is 2.75 bits per heavy atom. The van der Waals surface area contributed by atoms with Gasteiger partial charge in [0.1, 0.15) is 0 Å². The third-order valence-corrected chi connectivity index (χ3v) is 1.58. The fourth-order valence-corrected chi connectivity index (χ4v) is 1.03. The Labute approximate surface area is 75.6 Å². The minimum atomic E-state index is 0. The maximum Gasteiger partial charge on any atom is 0.179 e. The lowest BCUT2D eigenvalue weighted by molar-refractivity contribution is 0.552. The van der Waals surface area contributed by atoms with E-state index in [0.717, 1.165) is 11.1 Å². The highest BCUT2D eigenvalue weighted by Gasteiger charge is 1.99. The van der Waals surface area contributed by atoms with E-state index < -0.39 is 0 Å². The number of halogens is 1. The van der Waals surface area contributed by atoms with E-state index in [-0.39, 0.29) is 17.8 Å². The molecule has 1 aliphatic carbocycles. The first-order valence-corrected chi connectivity index (χ1v) is 3.32. The number of benzene rings is 1. The molecule has 0 fully saturated rings. The van der Waals surface area contributed by atoms with E-state index in [2.05, 4.69) is 0 Å². The predicted octanol–water partition coefficient (Wildman–Crippen LogP) is 2.17. The quantitative estimate of drug-likeness (QED) is 0.625. The van der Waals surface area contributed by atoms with Crippen molar-refractivity contribution in [2.24, 2.45) is 0 Å². The zero-order valence-corrected chi connectivity index (χ0v) is 7.01. The van der Waals surface area contributed by atoms with Crippen molar-refractivity contribution in [2.75, 3.05) is 0 Å². The minimum absolute atomic E-state index is 0. The lowest BCUT2D eigenvalue weighted by atomic mass is 10.1. The summed E-state index contributed by atoms with van der Waals surface area (Å²) in [5, 5.41) is 0. The summed E-state index contributed by atoms with van der Waals surface area (Å²) >= 11 is 0. The van der Waals surface area contributed by atoms with E-state index in [4.69, 9.17) is 4.42 Å². The largest absolute Gasteiger partial charge is 0.472 e. The molecule has 1 aliphatic heterocycles. The standard InChI is InChI=1S/C9H6O2.ClH/c10-9-2-1-8-6-11-4-3-7(8)5-9;/h1-6H;1H. The molecule has 0 aromatic rings. The van der Waals surface area contributed by atoms with Crippen molar-refractivity contribution in [3.8, 4) is 11.1 Å². The molecular formula is C9H7ClO2. The molecule has 12 heavy (non-hydrogen) atoms. The Morgan fingerprint density at radius 1 is 1.08 bits per heavy atom. The van der Waals surface area contributed by atoms with Crippen LogP contribution in [0.5, 0.6) is 0 Å². The highest BCUT2D eigenvalue weighted by molar-refractivity contribution is 5.85. The summed E-state index contributed by atoms with van der Waals surface area (Å²) in [5.74, 6) is 0. The second kappa shape index (κ2) is 3.41. The van der Waals surface area contributed by atoms with Gasteiger partial charge in [-0.05, 0) is 29.8 Å². The molecule has 62 valence electrons. The van der Waals surface area contributed by atoms with Gasteiger partial charge in [-0.3, -0.25) is 4.79 Å². The first-order valence-electron chi connectivity index (χ1n) is 3.32. The van der Waals surface area contributed by atoms with Gasteiger partial charge in [0.2, 0.25) is 0 Å². The van der Waals surface area contributed by atoms with Gasteiger partial charge >= 0.3 is 0 Å². The van der Waals surface area contributed by atoms with Gasteiger partial charge in [0.15, 0.2) is 5.43 Å². The molecule has 0 saturated carbocycles. The van der Waals surface area contributed by atoms with Gasteiger partial charge in [0.25, 0.3) is 0 Å². The Morgan fingerprint density at radius 2 is 1.92 bits per heavy atom. The smallest absolute Gasteiger partial charge is 0.179 e. The summed E-state index contributed by atoms with van der Waals surface area (Å²) in [7, 11) is 0. The van der Waals surface area contributed by atoms with E-state index >= 15 is 0 Å². The monoisotopic (exact) mass is 182 g/mol. The zero-order valence-electron chi connectivity index (χ0n) is 6.19. The Hall–Kier alpha value is -1.28. The maximum absolute atomic E-state index is 10.9. The van der Waals surface area contributed by atoms with Crippen LogP contribution in [0.3, 0.4) is 0 Å². The molecule has 2 rings (SSSR count). The molecule has 2 aliphatic rings. The van der Waals surface area contributed by atoms with Crippen molar-refractivity contribution in [3.05, 3.63) is 47.0 Å². The van der Waals surface area contributed by atoms with Crippen LogP contribution in [0.2, 0.25) is 0 Å². The van der Waals surface area contributed by atoms with E-state index in [0.29, 0.717) is 0 Å². The molecule has 0 atom stereocenters. The van der Waals surface area contributed by atoms with Crippen LogP contribution >= 0.6 is 12.4 Å². The van der Waals surface area contributed by atoms with E-state index in [1.165, 1.54) is 6.07 Å². The van der Waals surface area contributed by atoms with Crippen molar-refractivity contribution in [3.63, 3.8) is 0 Å². The molecule has 0 N–H and O–H groups in total. The van der Waals surface area contributed by atoms with Crippen LogP contribution in [0.1, 0.15) is 0 Å². The molecule has 0 spiro atoms. The summed E-state index contributed by atoms with van der Waals surface area (Å²) in [6.07, 6.45) is 3.18. The second-order valence-corrected chi connectivity index (χ2v) is 2.35. The molecule has 0 amide bonds. The summed E-state index contributed by atoms with van der Waals surface area (Å²) in [6.45, 7) is 0. The van der Waals surface area contributed by atoms with Gasteiger partial charge in [-0.15, -0.1) is 12.4 Å². The summed E-state index contributed by atoms with van der Waals surface area (Å²) < 4.78 is 4.93. The van der Waals surface area contributed by atoms with Gasteiger partial charge in [0, 0.05) is 5.56 Å². The average Bonchev–Trinajstić information content (AvgIpc) is 2.04. The van der Waals surface area contributed by atoms with Crippen LogP contribution in [0.4, 0.5) is 0 Å². The normalized spacial score (nSPS) is 9.33. The van der Waals surface area contributed by atoms with E-state index in [9.17, 15) is 4.79 Å². The molecule has 0 aromatic heterocycles. The Balaban J connectivity index is 0.000000720. The van der Waals surface area contributed by atoms with Crippen molar-refractivity contribution in [1.82, 2.24) is 0 Å². The first-order chi connectivity index (χ1) is 5.36. The highest BCUT2D eigenvalue weighted by atomic mass is 35.5. The first kappa shape index (κ1) is 8.81. The third-order valence-electron chi connectivity index (χ3n) is 1.58. The Bertz CT molecular complexity index is 394. The fraction of sp³-hybridized carbons (Fsp3) is 0. The highest BCUT2D eigenvalue weighted by Crippen LogP contribution is 2.17. The molecule has 0 bridgehead atoms. The maximum atomic E-state index is 10.9.